The molecule has 0 aliphatic rings. The third-order valence-electron chi connectivity index (χ3n) is 2.76. The number of rotatable bonds is 8. The van der Waals surface area contributed by atoms with Gasteiger partial charge in [-0.1, -0.05) is 6.07 Å². The number of likely N-dealkylation sites (N-methyl/N-ethyl adjacent to an activating group) is 1. The van der Waals surface area contributed by atoms with Crippen molar-refractivity contribution in [2.24, 2.45) is 0 Å². The van der Waals surface area contributed by atoms with Crippen LogP contribution in [0.5, 0.6) is 5.75 Å². The van der Waals surface area contributed by atoms with E-state index in [0.717, 1.165) is 5.69 Å². The van der Waals surface area contributed by atoms with Gasteiger partial charge in [-0.15, -0.1) is 0 Å². The summed E-state index contributed by atoms with van der Waals surface area (Å²) in [4.78, 5) is 13.5. The number of para-hydroxylation sites is 1. The molecule has 0 aliphatic carbocycles. The van der Waals surface area contributed by atoms with Crippen LogP contribution >= 0.6 is 0 Å². The predicted octanol–water partition coefficient (Wildman–Crippen LogP) is 0.866. The van der Waals surface area contributed by atoms with Crippen LogP contribution in [-0.4, -0.2) is 46.4 Å². The van der Waals surface area contributed by atoms with Gasteiger partial charge in [0.15, 0.2) is 0 Å². The SMILES string of the molecule is CCOc1cccc(N(C)CC(=O)NCCOC)c1N. The van der Waals surface area contributed by atoms with Crippen LogP contribution in [0.2, 0.25) is 0 Å². The van der Waals surface area contributed by atoms with Crippen molar-refractivity contribution >= 4 is 17.3 Å². The predicted molar refractivity (Wildman–Crippen MR) is 80.2 cm³/mol. The molecule has 0 bridgehead atoms. The molecule has 6 nitrogen and oxygen atoms in total. The fourth-order valence-corrected chi connectivity index (χ4v) is 1.80. The molecule has 1 rings (SSSR count). The minimum absolute atomic E-state index is 0.0780. The smallest absolute Gasteiger partial charge is 0.239 e. The molecule has 1 aromatic carbocycles. The average Bonchev–Trinajstić information content (AvgIpc) is 2.41. The number of benzene rings is 1. The number of nitrogens with one attached hydrogen (secondary N) is 1. The van der Waals surface area contributed by atoms with Gasteiger partial charge < -0.3 is 25.4 Å². The van der Waals surface area contributed by atoms with E-state index in [1.54, 1.807) is 12.0 Å². The van der Waals surface area contributed by atoms with E-state index in [4.69, 9.17) is 15.2 Å². The van der Waals surface area contributed by atoms with Crippen LogP contribution in [-0.2, 0) is 9.53 Å². The van der Waals surface area contributed by atoms with Gasteiger partial charge in [-0.05, 0) is 19.1 Å². The number of nitrogens with two attached hydrogens (primary N) is 1. The van der Waals surface area contributed by atoms with Crippen molar-refractivity contribution in [2.75, 3.05) is 51.1 Å². The zero-order chi connectivity index (χ0) is 15.0. The molecule has 0 unspecified atom stereocenters. The number of hydrogen-bond acceptors (Lipinski definition) is 5. The lowest BCUT2D eigenvalue weighted by molar-refractivity contribution is -0.119. The van der Waals surface area contributed by atoms with Crippen LogP contribution < -0.4 is 20.7 Å². The zero-order valence-corrected chi connectivity index (χ0v) is 12.3. The van der Waals surface area contributed by atoms with Crippen molar-refractivity contribution in [3.8, 4) is 5.75 Å². The molecular weight excluding hydrogens is 258 g/mol. The van der Waals surface area contributed by atoms with Crippen molar-refractivity contribution in [1.82, 2.24) is 5.32 Å². The van der Waals surface area contributed by atoms with Gasteiger partial charge in [0.1, 0.15) is 5.75 Å². The highest BCUT2D eigenvalue weighted by Gasteiger charge is 2.12. The fraction of sp³-hybridized carbons (Fsp3) is 0.500. The summed E-state index contributed by atoms with van der Waals surface area (Å²) in [6.45, 7) is 3.67. The molecule has 3 N–H and O–H groups in total. The monoisotopic (exact) mass is 281 g/mol. The number of anilines is 2. The summed E-state index contributed by atoms with van der Waals surface area (Å²) in [7, 11) is 3.41. The zero-order valence-electron chi connectivity index (χ0n) is 12.3. The first kappa shape index (κ1) is 16.1. The number of nitrogen functional groups attached to an aromatic ring is 1. The number of nitrogens with zero attached hydrogens (tertiary/aromatic N) is 1. The Morgan fingerprint density at radius 2 is 2.20 bits per heavy atom. The number of amides is 1. The first-order valence-electron chi connectivity index (χ1n) is 6.58. The standard InChI is InChI=1S/C14H23N3O3/c1-4-20-12-7-5-6-11(14(12)15)17(2)10-13(18)16-8-9-19-3/h5-7H,4,8-10,15H2,1-3H3,(H,16,18). The molecule has 1 amide bonds. The first-order valence-corrected chi connectivity index (χ1v) is 6.58. The van der Waals surface area contributed by atoms with E-state index in [-0.39, 0.29) is 12.5 Å². The maximum absolute atomic E-state index is 11.7. The molecule has 0 aliphatic heterocycles. The van der Waals surface area contributed by atoms with Gasteiger partial charge in [0.25, 0.3) is 0 Å². The first-order chi connectivity index (χ1) is 9.60. The normalized spacial score (nSPS) is 10.2. The molecule has 0 saturated carbocycles. The molecule has 20 heavy (non-hydrogen) atoms. The van der Waals surface area contributed by atoms with E-state index in [9.17, 15) is 4.79 Å². The molecule has 0 spiro atoms. The molecule has 0 atom stereocenters. The highest BCUT2D eigenvalue weighted by molar-refractivity contribution is 5.84. The Morgan fingerprint density at radius 1 is 1.45 bits per heavy atom. The lowest BCUT2D eigenvalue weighted by atomic mass is 10.2. The molecule has 0 aromatic heterocycles. The van der Waals surface area contributed by atoms with Crippen LogP contribution in [0.15, 0.2) is 18.2 Å². The Labute approximate surface area is 119 Å². The Balaban J connectivity index is 2.65. The van der Waals surface area contributed by atoms with Gasteiger partial charge in [0.2, 0.25) is 5.91 Å². The quantitative estimate of drug-likeness (QED) is 0.546. The summed E-state index contributed by atoms with van der Waals surface area (Å²) in [5, 5.41) is 2.77. The van der Waals surface area contributed by atoms with Gasteiger partial charge in [-0.25, -0.2) is 0 Å². The van der Waals surface area contributed by atoms with Gasteiger partial charge in [-0.3, -0.25) is 4.79 Å². The molecule has 0 radical (unpaired) electrons. The van der Waals surface area contributed by atoms with E-state index in [1.807, 2.05) is 32.2 Å². The number of ether oxygens (including phenoxy) is 2. The Kier molecular flexibility index (Phi) is 6.66. The van der Waals surface area contributed by atoms with Crippen LogP contribution in [0.1, 0.15) is 6.92 Å². The van der Waals surface area contributed by atoms with Gasteiger partial charge in [-0.2, -0.15) is 0 Å². The highest BCUT2D eigenvalue weighted by atomic mass is 16.5. The van der Waals surface area contributed by atoms with Crippen LogP contribution in [0.3, 0.4) is 0 Å². The average molecular weight is 281 g/mol. The maximum atomic E-state index is 11.7. The summed E-state index contributed by atoms with van der Waals surface area (Å²) in [5.41, 5.74) is 7.37. The van der Waals surface area contributed by atoms with Crippen molar-refractivity contribution in [2.45, 2.75) is 6.92 Å². The lowest BCUT2D eigenvalue weighted by Crippen LogP contribution is -2.36. The summed E-state index contributed by atoms with van der Waals surface area (Å²) in [6.07, 6.45) is 0. The molecule has 112 valence electrons. The van der Waals surface area contributed by atoms with Crippen molar-refractivity contribution in [1.29, 1.82) is 0 Å². The summed E-state index contributed by atoms with van der Waals surface area (Å²) in [5.74, 6) is 0.558. The molecular formula is C14H23N3O3. The molecule has 1 aromatic rings. The third-order valence-corrected chi connectivity index (χ3v) is 2.76. The largest absolute Gasteiger partial charge is 0.492 e. The van der Waals surface area contributed by atoms with Crippen molar-refractivity contribution in [3.63, 3.8) is 0 Å². The maximum Gasteiger partial charge on any atom is 0.239 e. The number of carbonyl (C=O) groups excluding carboxylic acids is 1. The topological polar surface area (TPSA) is 76.8 Å². The van der Waals surface area contributed by atoms with Gasteiger partial charge >= 0.3 is 0 Å². The summed E-state index contributed by atoms with van der Waals surface area (Å²) < 4.78 is 10.3. The van der Waals surface area contributed by atoms with E-state index >= 15 is 0 Å². The highest BCUT2D eigenvalue weighted by Crippen LogP contribution is 2.31. The Hall–Kier alpha value is -1.95. The minimum atomic E-state index is -0.0780. The van der Waals surface area contributed by atoms with Crippen LogP contribution in [0.25, 0.3) is 0 Å². The lowest BCUT2D eigenvalue weighted by Gasteiger charge is -2.21. The van der Waals surface area contributed by atoms with Gasteiger partial charge in [0.05, 0.1) is 31.1 Å². The number of methoxy groups -OCH3 is 1. The Bertz CT molecular complexity index is 438. The second-order valence-electron chi connectivity index (χ2n) is 4.32. The molecule has 0 heterocycles. The second kappa shape index (κ2) is 8.27. The van der Waals surface area contributed by atoms with Gasteiger partial charge in [0, 0.05) is 20.7 Å². The molecule has 0 fully saturated rings. The van der Waals surface area contributed by atoms with Crippen LogP contribution in [0.4, 0.5) is 11.4 Å². The van der Waals surface area contributed by atoms with E-state index in [2.05, 4.69) is 5.32 Å². The molecule has 0 saturated heterocycles. The summed E-state index contributed by atoms with van der Waals surface area (Å²) in [6, 6.07) is 5.53. The third kappa shape index (κ3) is 4.62. The second-order valence-corrected chi connectivity index (χ2v) is 4.32. The minimum Gasteiger partial charge on any atom is -0.492 e. The van der Waals surface area contributed by atoms with E-state index in [0.29, 0.717) is 31.2 Å². The van der Waals surface area contributed by atoms with E-state index < -0.39 is 0 Å². The fourth-order valence-electron chi connectivity index (χ4n) is 1.80. The Morgan fingerprint density at radius 3 is 2.85 bits per heavy atom. The number of hydrogen-bond donors (Lipinski definition) is 2. The molecule has 6 heteroatoms. The van der Waals surface area contributed by atoms with Crippen LogP contribution in [0, 0.1) is 0 Å². The summed E-state index contributed by atoms with van der Waals surface area (Å²) >= 11 is 0. The number of carbonyl (C=O) groups is 1. The van der Waals surface area contributed by atoms with Crippen molar-refractivity contribution in [3.05, 3.63) is 18.2 Å². The van der Waals surface area contributed by atoms with Crippen molar-refractivity contribution < 1.29 is 14.3 Å². The van der Waals surface area contributed by atoms with E-state index in [1.165, 1.54) is 0 Å².